The molecule has 0 bridgehead atoms. The first-order valence-corrected chi connectivity index (χ1v) is 7.99. The van der Waals surface area contributed by atoms with Gasteiger partial charge in [-0.15, -0.1) is 10.2 Å². The van der Waals surface area contributed by atoms with E-state index in [1.807, 2.05) is 19.9 Å². The van der Waals surface area contributed by atoms with Crippen LogP contribution in [-0.2, 0) is 13.0 Å². The predicted molar refractivity (Wildman–Crippen MR) is 80.1 cm³/mol. The summed E-state index contributed by atoms with van der Waals surface area (Å²) in [4.78, 5) is 4.51. The van der Waals surface area contributed by atoms with Crippen LogP contribution in [0.5, 0.6) is 0 Å². The fraction of sp³-hybridized carbons (Fsp3) is 0.467. The summed E-state index contributed by atoms with van der Waals surface area (Å²) >= 11 is 1.45. The highest BCUT2D eigenvalue weighted by Crippen LogP contribution is 2.31. The second-order valence-corrected chi connectivity index (χ2v) is 6.29. The highest BCUT2D eigenvalue weighted by molar-refractivity contribution is 7.99. The quantitative estimate of drug-likeness (QED) is 0.852. The van der Waals surface area contributed by atoms with Crippen molar-refractivity contribution >= 4 is 11.8 Å². The van der Waals surface area contributed by atoms with E-state index in [2.05, 4.69) is 25.8 Å². The zero-order chi connectivity index (χ0) is 14.8. The molecule has 0 fully saturated rings. The van der Waals surface area contributed by atoms with E-state index in [0.717, 1.165) is 46.7 Å². The lowest BCUT2D eigenvalue weighted by molar-refractivity contribution is 0.590. The lowest BCUT2D eigenvalue weighted by atomic mass is 10.1. The number of fused-ring (bicyclic) bond motifs is 1. The molecule has 0 spiro atoms. The molecule has 3 heterocycles. The molecule has 1 aliphatic heterocycles. The Morgan fingerprint density at radius 3 is 2.90 bits per heavy atom. The van der Waals surface area contributed by atoms with E-state index in [0.29, 0.717) is 5.56 Å². The van der Waals surface area contributed by atoms with Crippen molar-refractivity contribution in [3.05, 3.63) is 28.7 Å². The molecule has 108 valence electrons. The van der Waals surface area contributed by atoms with Gasteiger partial charge in [0, 0.05) is 18.7 Å². The number of hydrogen-bond donors (Lipinski definition) is 0. The first-order chi connectivity index (χ1) is 10.2. The minimum Gasteiger partial charge on any atom is -0.306 e. The van der Waals surface area contributed by atoms with Crippen LogP contribution in [0.15, 0.2) is 16.2 Å². The molecule has 0 unspecified atom stereocenters. The number of pyridine rings is 1. The van der Waals surface area contributed by atoms with Crippen LogP contribution in [0.3, 0.4) is 0 Å². The Kier molecular flexibility index (Phi) is 3.93. The fourth-order valence-electron chi connectivity index (χ4n) is 2.63. The standard InChI is InChI=1S/C15H17N5S/c1-10-8-11(2)17-14(12(10)9-16)21-15-19-18-13-6-4-3-5-7-20(13)15/h8H,3-7H2,1-2H3. The summed E-state index contributed by atoms with van der Waals surface area (Å²) in [7, 11) is 0. The Balaban J connectivity index is 1.98. The first kappa shape index (κ1) is 14.1. The van der Waals surface area contributed by atoms with Crippen molar-refractivity contribution in [2.45, 2.75) is 56.3 Å². The maximum absolute atomic E-state index is 9.36. The zero-order valence-electron chi connectivity index (χ0n) is 12.3. The Morgan fingerprint density at radius 2 is 2.10 bits per heavy atom. The van der Waals surface area contributed by atoms with Gasteiger partial charge < -0.3 is 4.57 Å². The fourth-order valence-corrected chi connectivity index (χ4v) is 3.69. The second kappa shape index (κ2) is 5.86. The summed E-state index contributed by atoms with van der Waals surface area (Å²) in [5.74, 6) is 1.05. The number of nitriles is 1. The minimum atomic E-state index is 0.636. The monoisotopic (exact) mass is 299 g/mol. The van der Waals surface area contributed by atoms with Crippen LogP contribution >= 0.6 is 11.8 Å². The van der Waals surface area contributed by atoms with Gasteiger partial charge in [-0.2, -0.15) is 5.26 Å². The van der Waals surface area contributed by atoms with E-state index < -0.39 is 0 Å². The van der Waals surface area contributed by atoms with Crippen molar-refractivity contribution in [3.63, 3.8) is 0 Å². The van der Waals surface area contributed by atoms with Crippen LogP contribution in [0.1, 0.15) is 41.9 Å². The highest BCUT2D eigenvalue weighted by Gasteiger charge is 2.18. The molecular formula is C15H17N5S. The van der Waals surface area contributed by atoms with Crippen LogP contribution in [0.25, 0.3) is 0 Å². The van der Waals surface area contributed by atoms with Crippen LogP contribution in [0, 0.1) is 25.2 Å². The van der Waals surface area contributed by atoms with Crippen LogP contribution < -0.4 is 0 Å². The van der Waals surface area contributed by atoms with Crippen LogP contribution in [0.2, 0.25) is 0 Å². The summed E-state index contributed by atoms with van der Waals surface area (Å²) in [6.07, 6.45) is 4.55. The van der Waals surface area contributed by atoms with Crippen LogP contribution in [-0.4, -0.2) is 19.7 Å². The third-order valence-electron chi connectivity index (χ3n) is 3.69. The Morgan fingerprint density at radius 1 is 1.24 bits per heavy atom. The van der Waals surface area contributed by atoms with Gasteiger partial charge >= 0.3 is 0 Å². The van der Waals surface area contributed by atoms with E-state index in [4.69, 9.17) is 0 Å². The molecule has 1 aliphatic rings. The number of hydrogen-bond acceptors (Lipinski definition) is 5. The number of rotatable bonds is 2. The molecule has 0 aromatic carbocycles. The van der Waals surface area contributed by atoms with E-state index in [-0.39, 0.29) is 0 Å². The summed E-state index contributed by atoms with van der Waals surface area (Å²) in [6, 6.07) is 4.19. The molecule has 6 heteroatoms. The number of nitrogens with zero attached hydrogens (tertiary/aromatic N) is 5. The van der Waals surface area contributed by atoms with Crippen molar-refractivity contribution in [1.29, 1.82) is 5.26 Å². The summed E-state index contributed by atoms with van der Waals surface area (Å²) < 4.78 is 2.18. The molecule has 21 heavy (non-hydrogen) atoms. The van der Waals surface area contributed by atoms with Crippen molar-refractivity contribution in [3.8, 4) is 6.07 Å². The van der Waals surface area contributed by atoms with E-state index in [1.165, 1.54) is 24.6 Å². The van der Waals surface area contributed by atoms with Crippen molar-refractivity contribution in [2.75, 3.05) is 0 Å². The van der Waals surface area contributed by atoms with E-state index in [9.17, 15) is 5.26 Å². The summed E-state index contributed by atoms with van der Waals surface area (Å²) in [5, 5.41) is 19.5. The Hall–Kier alpha value is -1.87. The Labute approximate surface area is 128 Å². The molecule has 0 aliphatic carbocycles. The molecule has 0 saturated carbocycles. The van der Waals surface area contributed by atoms with Gasteiger partial charge in [0.25, 0.3) is 0 Å². The molecule has 0 saturated heterocycles. The molecule has 5 nitrogen and oxygen atoms in total. The van der Waals surface area contributed by atoms with Crippen molar-refractivity contribution in [1.82, 2.24) is 19.7 Å². The Bertz CT molecular complexity index is 714. The smallest absolute Gasteiger partial charge is 0.197 e. The molecular weight excluding hydrogens is 282 g/mol. The third-order valence-corrected chi connectivity index (χ3v) is 4.66. The normalized spacial score (nSPS) is 14.3. The largest absolute Gasteiger partial charge is 0.306 e. The topological polar surface area (TPSA) is 67.4 Å². The first-order valence-electron chi connectivity index (χ1n) is 7.17. The molecule has 2 aromatic rings. The van der Waals surface area contributed by atoms with E-state index in [1.54, 1.807) is 0 Å². The molecule has 3 rings (SSSR count). The van der Waals surface area contributed by atoms with Gasteiger partial charge in [0.15, 0.2) is 5.16 Å². The number of aromatic nitrogens is 4. The van der Waals surface area contributed by atoms with E-state index >= 15 is 0 Å². The van der Waals surface area contributed by atoms with Gasteiger partial charge in [0.2, 0.25) is 0 Å². The minimum absolute atomic E-state index is 0.636. The highest BCUT2D eigenvalue weighted by atomic mass is 32.2. The van der Waals surface area contributed by atoms with Gasteiger partial charge in [0.1, 0.15) is 16.9 Å². The lowest BCUT2D eigenvalue weighted by Gasteiger charge is -2.08. The maximum Gasteiger partial charge on any atom is 0.197 e. The van der Waals surface area contributed by atoms with Gasteiger partial charge in [-0.05, 0) is 50.1 Å². The molecule has 0 N–H and O–H groups in total. The zero-order valence-corrected chi connectivity index (χ0v) is 13.1. The second-order valence-electron chi connectivity index (χ2n) is 5.34. The number of aryl methyl sites for hydroxylation is 3. The van der Waals surface area contributed by atoms with Gasteiger partial charge in [0.05, 0.1) is 5.56 Å². The maximum atomic E-state index is 9.36. The predicted octanol–water partition coefficient (Wildman–Crippen LogP) is 3.04. The van der Waals surface area contributed by atoms with Gasteiger partial charge in [-0.1, -0.05) is 6.42 Å². The lowest BCUT2D eigenvalue weighted by Crippen LogP contribution is -2.03. The van der Waals surface area contributed by atoms with Crippen molar-refractivity contribution in [2.24, 2.45) is 0 Å². The average Bonchev–Trinajstić information content (AvgIpc) is 2.68. The molecule has 2 aromatic heterocycles. The molecule has 0 radical (unpaired) electrons. The van der Waals surface area contributed by atoms with Gasteiger partial charge in [-0.3, -0.25) is 0 Å². The van der Waals surface area contributed by atoms with Gasteiger partial charge in [-0.25, -0.2) is 4.98 Å². The van der Waals surface area contributed by atoms with Crippen molar-refractivity contribution < 1.29 is 0 Å². The third kappa shape index (κ3) is 2.79. The average molecular weight is 299 g/mol. The van der Waals surface area contributed by atoms with Crippen LogP contribution in [0.4, 0.5) is 0 Å². The summed E-state index contributed by atoms with van der Waals surface area (Å²) in [5.41, 5.74) is 2.52. The summed E-state index contributed by atoms with van der Waals surface area (Å²) in [6.45, 7) is 4.85. The molecule has 0 atom stereocenters. The molecule has 0 amide bonds. The SMILES string of the molecule is Cc1cc(C)c(C#N)c(Sc2nnc3n2CCCCC3)n1.